The minimum absolute atomic E-state index is 0.0854. The molecule has 140 valence electrons. The highest BCUT2D eigenvalue weighted by atomic mass is 79.9. The lowest BCUT2D eigenvalue weighted by molar-refractivity contribution is -0.130. The van der Waals surface area contributed by atoms with Crippen LogP contribution in [-0.2, 0) is 16.1 Å². The van der Waals surface area contributed by atoms with E-state index in [-0.39, 0.29) is 12.1 Å². The van der Waals surface area contributed by atoms with Crippen LogP contribution in [0.2, 0.25) is 0 Å². The minimum Gasteiger partial charge on any atom is -0.493 e. The van der Waals surface area contributed by atoms with Gasteiger partial charge in [0.1, 0.15) is 11.3 Å². The highest BCUT2D eigenvalue weighted by Crippen LogP contribution is 2.37. The summed E-state index contributed by atoms with van der Waals surface area (Å²) in [5.41, 5.74) is 0.339. The molecule has 1 N–H and O–H groups in total. The van der Waals surface area contributed by atoms with Crippen molar-refractivity contribution in [3.05, 3.63) is 51.9 Å². The molecule has 1 saturated heterocycles. The van der Waals surface area contributed by atoms with Crippen LogP contribution in [0.1, 0.15) is 11.3 Å². The summed E-state index contributed by atoms with van der Waals surface area (Å²) < 4.78 is 16.3. The molecule has 27 heavy (non-hydrogen) atoms. The first-order chi connectivity index (χ1) is 12.9. The van der Waals surface area contributed by atoms with Crippen LogP contribution in [0.4, 0.5) is 4.79 Å². The van der Waals surface area contributed by atoms with Crippen LogP contribution in [0.15, 0.2) is 45.0 Å². The SMILES string of the molecule is COc1cc(/C=C2/C(=O)NC(=O)N(Cc3ccco3)C2=O)cc(Br)c1OC. The Labute approximate surface area is 162 Å². The number of carbonyl (C=O) groups excluding carboxylic acids is 3. The molecule has 0 spiro atoms. The Bertz CT molecular complexity index is 936. The van der Waals surface area contributed by atoms with Gasteiger partial charge >= 0.3 is 6.03 Å². The number of methoxy groups -OCH3 is 2. The van der Waals surface area contributed by atoms with Crippen molar-refractivity contribution in [2.75, 3.05) is 14.2 Å². The van der Waals surface area contributed by atoms with Crippen molar-refractivity contribution >= 4 is 39.9 Å². The van der Waals surface area contributed by atoms with Gasteiger partial charge in [-0.1, -0.05) is 0 Å². The standard InChI is InChI=1S/C18H15BrN2O6/c1-25-14-8-10(7-13(19)15(14)26-2)6-12-16(22)20-18(24)21(17(12)23)9-11-4-3-5-27-11/h3-8H,9H2,1-2H3,(H,20,22,24)/b12-6-. The van der Waals surface area contributed by atoms with Gasteiger partial charge in [-0.15, -0.1) is 0 Å². The molecule has 2 aromatic rings. The number of nitrogens with one attached hydrogen (secondary N) is 1. The number of halogens is 1. The third-order valence-electron chi connectivity index (χ3n) is 3.85. The van der Waals surface area contributed by atoms with Crippen molar-refractivity contribution in [3.8, 4) is 11.5 Å². The zero-order valence-corrected chi connectivity index (χ0v) is 16.0. The van der Waals surface area contributed by atoms with E-state index in [9.17, 15) is 14.4 Å². The maximum absolute atomic E-state index is 12.7. The van der Waals surface area contributed by atoms with Gasteiger partial charge in [0.2, 0.25) is 0 Å². The predicted octanol–water partition coefficient (Wildman–Crippen LogP) is 2.72. The lowest BCUT2D eigenvalue weighted by atomic mass is 10.1. The number of imide groups is 2. The fraction of sp³-hybridized carbons (Fsp3) is 0.167. The van der Waals surface area contributed by atoms with Gasteiger partial charge in [-0.2, -0.15) is 0 Å². The first-order valence-electron chi connectivity index (χ1n) is 7.77. The number of carbonyl (C=O) groups is 3. The van der Waals surface area contributed by atoms with E-state index in [1.54, 1.807) is 24.3 Å². The van der Waals surface area contributed by atoms with Crippen LogP contribution < -0.4 is 14.8 Å². The number of rotatable bonds is 5. The number of ether oxygens (including phenoxy) is 2. The summed E-state index contributed by atoms with van der Waals surface area (Å²) in [7, 11) is 2.97. The number of hydrogen-bond donors (Lipinski definition) is 1. The van der Waals surface area contributed by atoms with Gasteiger partial charge in [-0.05, 0) is 51.8 Å². The number of urea groups is 1. The molecule has 4 amide bonds. The molecular weight excluding hydrogens is 420 g/mol. The second-order valence-corrected chi connectivity index (χ2v) is 6.38. The monoisotopic (exact) mass is 434 g/mol. The van der Waals surface area contributed by atoms with Crippen molar-refractivity contribution in [2.45, 2.75) is 6.54 Å². The summed E-state index contributed by atoms with van der Waals surface area (Å²) in [5, 5.41) is 2.16. The molecule has 1 aliphatic rings. The van der Waals surface area contributed by atoms with Gasteiger partial charge in [0, 0.05) is 0 Å². The van der Waals surface area contributed by atoms with E-state index in [4.69, 9.17) is 13.9 Å². The molecule has 0 unspecified atom stereocenters. The van der Waals surface area contributed by atoms with Gasteiger partial charge in [0.25, 0.3) is 11.8 Å². The van der Waals surface area contributed by atoms with Crippen LogP contribution in [0, 0.1) is 0 Å². The lowest BCUT2D eigenvalue weighted by Crippen LogP contribution is -2.53. The molecule has 0 atom stereocenters. The summed E-state index contributed by atoms with van der Waals surface area (Å²) in [6.45, 7) is -0.0854. The molecule has 1 aromatic carbocycles. The zero-order valence-electron chi connectivity index (χ0n) is 14.4. The van der Waals surface area contributed by atoms with Crippen molar-refractivity contribution < 1.29 is 28.3 Å². The average Bonchev–Trinajstić information content (AvgIpc) is 3.15. The van der Waals surface area contributed by atoms with E-state index >= 15 is 0 Å². The van der Waals surface area contributed by atoms with E-state index in [1.807, 2.05) is 0 Å². The lowest BCUT2D eigenvalue weighted by Gasteiger charge is -2.25. The topological polar surface area (TPSA) is 98.1 Å². The Morgan fingerprint density at radius 3 is 2.63 bits per heavy atom. The molecular formula is C18H15BrN2O6. The second-order valence-electron chi connectivity index (χ2n) is 5.53. The van der Waals surface area contributed by atoms with Crippen molar-refractivity contribution in [1.29, 1.82) is 0 Å². The Balaban J connectivity index is 1.96. The van der Waals surface area contributed by atoms with Crippen LogP contribution >= 0.6 is 15.9 Å². The van der Waals surface area contributed by atoms with Crippen LogP contribution in [-0.4, -0.2) is 37.0 Å². The molecule has 1 aliphatic heterocycles. The Hall–Kier alpha value is -3.07. The quantitative estimate of drug-likeness (QED) is 0.573. The molecule has 8 nitrogen and oxygen atoms in total. The summed E-state index contributed by atoms with van der Waals surface area (Å²) in [6.07, 6.45) is 2.82. The number of hydrogen-bond acceptors (Lipinski definition) is 6. The van der Waals surface area contributed by atoms with Gasteiger partial charge < -0.3 is 13.9 Å². The Morgan fingerprint density at radius 1 is 1.22 bits per heavy atom. The van der Waals surface area contributed by atoms with E-state index < -0.39 is 17.8 Å². The highest BCUT2D eigenvalue weighted by molar-refractivity contribution is 9.10. The van der Waals surface area contributed by atoms with E-state index in [1.165, 1.54) is 26.6 Å². The second kappa shape index (κ2) is 7.67. The third kappa shape index (κ3) is 3.72. The van der Waals surface area contributed by atoms with Crippen molar-refractivity contribution in [3.63, 3.8) is 0 Å². The fourth-order valence-electron chi connectivity index (χ4n) is 2.58. The minimum atomic E-state index is -0.799. The molecule has 0 radical (unpaired) electrons. The number of furan rings is 1. The molecule has 9 heteroatoms. The number of barbiturate groups is 1. The molecule has 1 aromatic heterocycles. The maximum Gasteiger partial charge on any atom is 0.331 e. The van der Waals surface area contributed by atoms with Gasteiger partial charge in [0.05, 0.1) is 31.5 Å². The fourth-order valence-corrected chi connectivity index (χ4v) is 3.21. The molecule has 0 saturated carbocycles. The van der Waals surface area contributed by atoms with Crippen LogP contribution in [0.25, 0.3) is 6.08 Å². The highest BCUT2D eigenvalue weighted by Gasteiger charge is 2.36. The summed E-state index contributed by atoms with van der Waals surface area (Å²) in [5.74, 6) is -0.168. The number of benzene rings is 1. The molecule has 0 aliphatic carbocycles. The average molecular weight is 435 g/mol. The maximum atomic E-state index is 12.7. The van der Waals surface area contributed by atoms with Crippen LogP contribution in [0.3, 0.4) is 0 Å². The molecule has 3 rings (SSSR count). The molecule has 0 bridgehead atoms. The normalized spacial score (nSPS) is 15.9. The Morgan fingerprint density at radius 2 is 2.00 bits per heavy atom. The van der Waals surface area contributed by atoms with Gasteiger partial charge in [-0.3, -0.25) is 19.8 Å². The largest absolute Gasteiger partial charge is 0.493 e. The van der Waals surface area contributed by atoms with E-state index in [0.717, 1.165) is 4.90 Å². The summed E-state index contributed by atoms with van der Waals surface area (Å²) >= 11 is 3.36. The van der Waals surface area contributed by atoms with Gasteiger partial charge in [-0.25, -0.2) is 4.79 Å². The predicted molar refractivity (Wildman–Crippen MR) is 98.0 cm³/mol. The van der Waals surface area contributed by atoms with Crippen LogP contribution in [0.5, 0.6) is 11.5 Å². The molecule has 2 heterocycles. The number of amides is 4. The third-order valence-corrected chi connectivity index (χ3v) is 4.44. The first-order valence-corrected chi connectivity index (χ1v) is 8.56. The number of nitrogens with zero attached hydrogens (tertiary/aromatic N) is 1. The molecule has 1 fully saturated rings. The first kappa shape index (κ1) is 18.7. The Kier molecular flexibility index (Phi) is 5.31. The van der Waals surface area contributed by atoms with E-state index in [2.05, 4.69) is 21.2 Å². The van der Waals surface area contributed by atoms with E-state index in [0.29, 0.717) is 27.3 Å². The summed E-state index contributed by atoms with van der Waals surface area (Å²) in [4.78, 5) is 37.8. The smallest absolute Gasteiger partial charge is 0.331 e. The van der Waals surface area contributed by atoms with Crippen molar-refractivity contribution in [1.82, 2.24) is 10.2 Å². The van der Waals surface area contributed by atoms with Crippen molar-refractivity contribution in [2.24, 2.45) is 0 Å². The van der Waals surface area contributed by atoms with Gasteiger partial charge in [0.15, 0.2) is 11.5 Å². The summed E-state index contributed by atoms with van der Waals surface area (Å²) in [6, 6.07) is 5.76. The zero-order chi connectivity index (χ0) is 19.6.